The summed E-state index contributed by atoms with van der Waals surface area (Å²) in [6.45, 7) is 4.18. The van der Waals surface area contributed by atoms with Gasteiger partial charge in [0.1, 0.15) is 17.9 Å². The molecule has 1 heterocycles. The molecule has 3 aromatic carbocycles. The SMILES string of the molecule is COC(=O)c1ccc(COc2cc(C)cc3oc(=O)c(Cc4ccccc4)c(C)c23)cc1. The fraction of sp³-hybridized carbons (Fsp3) is 0.185. The Hall–Kier alpha value is -3.86. The molecule has 0 aliphatic rings. The molecule has 0 amide bonds. The highest BCUT2D eigenvalue weighted by molar-refractivity contribution is 5.89. The second kappa shape index (κ2) is 9.10. The fourth-order valence-electron chi connectivity index (χ4n) is 3.77. The summed E-state index contributed by atoms with van der Waals surface area (Å²) in [7, 11) is 1.36. The van der Waals surface area contributed by atoms with Crippen molar-refractivity contribution in [1.29, 1.82) is 0 Å². The molecule has 0 saturated heterocycles. The van der Waals surface area contributed by atoms with E-state index in [1.165, 1.54) is 7.11 Å². The molecular weight excluding hydrogens is 404 g/mol. The minimum Gasteiger partial charge on any atom is -0.488 e. The maximum absolute atomic E-state index is 12.7. The molecule has 0 bridgehead atoms. The first kappa shape index (κ1) is 21.4. The highest BCUT2D eigenvalue weighted by Crippen LogP contribution is 2.32. The Kier molecular flexibility index (Phi) is 6.08. The Bertz CT molecular complexity index is 1320. The van der Waals surface area contributed by atoms with E-state index in [2.05, 4.69) is 0 Å². The van der Waals surface area contributed by atoms with E-state index in [1.54, 1.807) is 12.1 Å². The first-order chi connectivity index (χ1) is 15.5. The van der Waals surface area contributed by atoms with Crippen molar-refractivity contribution in [3.63, 3.8) is 0 Å². The lowest BCUT2D eigenvalue weighted by Gasteiger charge is -2.14. The quantitative estimate of drug-likeness (QED) is 0.305. The number of methoxy groups -OCH3 is 1. The molecule has 1 aromatic heterocycles. The van der Waals surface area contributed by atoms with Gasteiger partial charge < -0.3 is 13.9 Å². The number of esters is 1. The van der Waals surface area contributed by atoms with Gasteiger partial charge in [-0.1, -0.05) is 42.5 Å². The minimum atomic E-state index is -0.376. The van der Waals surface area contributed by atoms with Crippen LogP contribution in [0.5, 0.6) is 5.75 Å². The van der Waals surface area contributed by atoms with Crippen molar-refractivity contribution < 1.29 is 18.7 Å². The van der Waals surface area contributed by atoms with Crippen LogP contribution < -0.4 is 10.4 Å². The molecular formula is C27H24O5. The average Bonchev–Trinajstić information content (AvgIpc) is 2.80. The van der Waals surface area contributed by atoms with E-state index in [9.17, 15) is 9.59 Å². The average molecular weight is 428 g/mol. The van der Waals surface area contributed by atoms with Crippen LogP contribution in [0.15, 0.2) is 75.9 Å². The maximum Gasteiger partial charge on any atom is 0.340 e. The Balaban J connectivity index is 1.68. The summed E-state index contributed by atoms with van der Waals surface area (Å²) < 4.78 is 16.6. The Labute approximate surface area is 186 Å². The number of hydrogen-bond donors (Lipinski definition) is 0. The lowest BCUT2D eigenvalue weighted by Crippen LogP contribution is -2.11. The van der Waals surface area contributed by atoms with Gasteiger partial charge in [0.2, 0.25) is 0 Å². The van der Waals surface area contributed by atoms with Crippen molar-refractivity contribution in [2.75, 3.05) is 7.11 Å². The molecule has 4 rings (SSSR count). The maximum atomic E-state index is 12.7. The highest BCUT2D eigenvalue weighted by atomic mass is 16.5. The zero-order chi connectivity index (χ0) is 22.7. The first-order valence-electron chi connectivity index (χ1n) is 10.4. The van der Waals surface area contributed by atoms with Gasteiger partial charge in [0.05, 0.1) is 18.1 Å². The molecule has 5 nitrogen and oxygen atoms in total. The van der Waals surface area contributed by atoms with Crippen LogP contribution in [-0.2, 0) is 17.8 Å². The van der Waals surface area contributed by atoms with E-state index in [0.29, 0.717) is 35.5 Å². The van der Waals surface area contributed by atoms with E-state index in [1.807, 2.05) is 68.4 Å². The van der Waals surface area contributed by atoms with Crippen LogP contribution >= 0.6 is 0 Å². The smallest absolute Gasteiger partial charge is 0.340 e. The van der Waals surface area contributed by atoms with Crippen LogP contribution in [0.1, 0.15) is 38.2 Å². The predicted octanol–water partition coefficient (Wildman–Crippen LogP) is 5.37. The Morgan fingerprint density at radius 1 is 0.938 bits per heavy atom. The van der Waals surface area contributed by atoms with Gasteiger partial charge in [-0.15, -0.1) is 0 Å². The van der Waals surface area contributed by atoms with Crippen molar-refractivity contribution in [3.8, 4) is 5.75 Å². The van der Waals surface area contributed by atoms with E-state index in [-0.39, 0.29) is 11.6 Å². The van der Waals surface area contributed by atoms with Gasteiger partial charge >= 0.3 is 11.6 Å². The second-order valence-electron chi connectivity index (χ2n) is 7.77. The third-order valence-corrected chi connectivity index (χ3v) is 5.48. The molecule has 162 valence electrons. The molecule has 5 heteroatoms. The van der Waals surface area contributed by atoms with Gasteiger partial charge in [-0.05, 0) is 60.4 Å². The zero-order valence-electron chi connectivity index (χ0n) is 18.3. The van der Waals surface area contributed by atoms with Crippen LogP contribution in [0.4, 0.5) is 0 Å². The topological polar surface area (TPSA) is 65.7 Å². The molecule has 0 saturated carbocycles. The van der Waals surface area contributed by atoms with Gasteiger partial charge in [0.15, 0.2) is 0 Å². The van der Waals surface area contributed by atoms with Crippen molar-refractivity contribution in [2.45, 2.75) is 26.9 Å². The summed E-state index contributed by atoms with van der Waals surface area (Å²) in [6.07, 6.45) is 0.493. The molecule has 4 aromatic rings. The van der Waals surface area contributed by atoms with Gasteiger partial charge in [-0.25, -0.2) is 9.59 Å². The van der Waals surface area contributed by atoms with Crippen LogP contribution in [-0.4, -0.2) is 13.1 Å². The fourth-order valence-corrected chi connectivity index (χ4v) is 3.77. The summed E-state index contributed by atoms with van der Waals surface area (Å²) in [6, 6.07) is 20.7. The number of carbonyl (C=O) groups is 1. The lowest BCUT2D eigenvalue weighted by atomic mass is 9.98. The normalized spacial score (nSPS) is 10.8. The number of aryl methyl sites for hydroxylation is 2. The van der Waals surface area contributed by atoms with Crippen LogP contribution in [0.2, 0.25) is 0 Å². The van der Waals surface area contributed by atoms with Crippen molar-refractivity contribution in [3.05, 3.63) is 111 Å². The van der Waals surface area contributed by atoms with Gasteiger partial charge in [0, 0.05) is 12.0 Å². The molecule has 0 unspecified atom stereocenters. The van der Waals surface area contributed by atoms with Gasteiger partial charge in [-0.2, -0.15) is 0 Å². The Morgan fingerprint density at radius 2 is 1.66 bits per heavy atom. The van der Waals surface area contributed by atoms with Crippen LogP contribution in [0.3, 0.4) is 0 Å². The monoisotopic (exact) mass is 428 g/mol. The summed E-state index contributed by atoms with van der Waals surface area (Å²) in [5, 5.41) is 0.798. The summed E-state index contributed by atoms with van der Waals surface area (Å²) in [5.74, 6) is 0.284. The number of carbonyl (C=O) groups excluding carboxylic acids is 1. The van der Waals surface area contributed by atoms with Gasteiger partial charge in [-0.3, -0.25) is 0 Å². The molecule has 32 heavy (non-hydrogen) atoms. The Morgan fingerprint density at radius 3 is 2.34 bits per heavy atom. The summed E-state index contributed by atoms with van der Waals surface area (Å²) in [4.78, 5) is 24.4. The van der Waals surface area contributed by atoms with Gasteiger partial charge in [0.25, 0.3) is 0 Å². The third kappa shape index (κ3) is 4.42. The number of hydrogen-bond acceptors (Lipinski definition) is 5. The van der Waals surface area contributed by atoms with Crippen LogP contribution in [0.25, 0.3) is 11.0 Å². The first-order valence-corrected chi connectivity index (χ1v) is 10.4. The minimum absolute atomic E-state index is 0.312. The molecule has 0 aliphatic carbocycles. The number of fused-ring (bicyclic) bond motifs is 1. The van der Waals surface area contributed by atoms with E-state index in [4.69, 9.17) is 13.9 Å². The third-order valence-electron chi connectivity index (χ3n) is 5.48. The molecule has 0 aliphatic heterocycles. The van der Waals surface area contributed by atoms with E-state index in [0.717, 1.165) is 27.6 Å². The van der Waals surface area contributed by atoms with Crippen molar-refractivity contribution in [2.24, 2.45) is 0 Å². The van der Waals surface area contributed by atoms with E-state index < -0.39 is 0 Å². The van der Waals surface area contributed by atoms with E-state index >= 15 is 0 Å². The predicted molar refractivity (Wildman–Crippen MR) is 123 cm³/mol. The number of ether oxygens (including phenoxy) is 2. The number of benzene rings is 3. The largest absolute Gasteiger partial charge is 0.488 e. The van der Waals surface area contributed by atoms with Crippen molar-refractivity contribution >= 4 is 16.9 Å². The lowest BCUT2D eigenvalue weighted by molar-refractivity contribution is 0.0600. The molecule has 0 fully saturated rings. The molecule has 0 N–H and O–H groups in total. The highest BCUT2D eigenvalue weighted by Gasteiger charge is 2.16. The van der Waals surface area contributed by atoms with Crippen molar-refractivity contribution in [1.82, 2.24) is 0 Å². The molecule has 0 radical (unpaired) electrons. The number of rotatable bonds is 6. The molecule has 0 atom stereocenters. The summed E-state index contributed by atoms with van der Waals surface area (Å²) >= 11 is 0. The van der Waals surface area contributed by atoms with Crippen LogP contribution in [0, 0.1) is 13.8 Å². The molecule has 0 spiro atoms. The zero-order valence-corrected chi connectivity index (χ0v) is 18.3. The summed E-state index contributed by atoms with van der Waals surface area (Å²) in [5.41, 5.74) is 5.05. The second-order valence-corrected chi connectivity index (χ2v) is 7.77. The standard InChI is InChI=1S/C27H24O5/c1-17-13-23(31-16-20-9-11-21(12-10-20)26(28)30-3)25-18(2)22(27(29)32-24(25)14-17)15-19-7-5-4-6-8-19/h4-14H,15-16H2,1-3H3.